The molecular formula is C18H16FN5O. The van der Waals surface area contributed by atoms with Gasteiger partial charge in [-0.05, 0) is 36.4 Å². The molecule has 126 valence electrons. The lowest BCUT2D eigenvalue weighted by Gasteiger charge is -2.04. The second-order valence-corrected chi connectivity index (χ2v) is 5.96. The number of imidazole rings is 2. The summed E-state index contributed by atoms with van der Waals surface area (Å²) in [6.45, 7) is 0. The number of hydrogen-bond donors (Lipinski definition) is 2. The van der Waals surface area contributed by atoms with E-state index in [0.29, 0.717) is 11.4 Å². The molecule has 0 saturated heterocycles. The van der Waals surface area contributed by atoms with Crippen molar-refractivity contribution in [2.45, 2.75) is 0 Å². The molecule has 4 rings (SSSR count). The van der Waals surface area contributed by atoms with E-state index >= 15 is 0 Å². The van der Waals surface area contributed by atoms with Gasteiger partial charge in [-0.15, -0.1) is 0 Å². The molecule has 0 aliphatic heterocycles. The fraction of sp³-hybridized carbons (Fsp3) is 0.111. The Morgan fingerprint density at radius 2 is 1.64 bits per heavy atom. The molecular weight excluding hydrogens is 321 g/mol. The molecule has 3 N–H and O–H groups in total. The zero-order valence-corrected chi connectivity index (χ0v) is 13.7. The van der Waals surface area contributed by atoms with Gasteiger partial charge in [-0.3, -0.25) is 9.13 Å². The normalized spacial score (nSPS) is 11.3. The molecule has 2 heterocycles. The zero-order chi connectivity index (χ0) is 17.7. The number of hydrogen-bond acceptors (Lipinski definition) is 3. The van der Waals surface area contributed by atoms with Crippen molar-refractivity contribution in [3.05, 3.63) is 58.8 Å². The van der Waals surface area contributed by atoms with Gasteiger partial charge in [0.25, 0.3) is 0 Å². The first-order valence-corrected chi connectivity index (χ1v) is 7.73. The maximum Gasteiger partial charge on any atom is 0.328 e. The molecule has 0 spiro atoms. The van der Waals surface area contributed by atoms with E-state index in [4.69, 9.17) is 5.73 Å². The van der Waals surface area contributed by atoms with E-state index in [0.717, 1.165) is 22.2 Å². The average molecular weight is 337 g/mol. The van der Waals surface area contributed by atoms with Crippen LogP contribution >= 0.6 is 0 Å². The van der Waals surface area contributed by atoms with Crippen molar-refractivity contribution < 1.29 is 4.39 Å². The standard InChI is InChI=1S/C18H16FN5O/c1-23-13-8-5-11(9-14(13)24(2)18(23)25)16-15(21-17(20)22-16)10-3-6-12(19)7-4-10/h3-9H,1-2H3,(H3,20,21,22). The highest BCUT2D eigenvalue weighted by molar-refractivity contribution is 5.86. The monoisotopic (exact) mass is 337 g/mol. The van der Waals surface area contributed by atoms with Crippen LogP contribution in [0.4, 0.5) is 10.3 Å². The van der Waals surface area contributed by atoms with Gasteiger partial charge in [0.1, 0.15) is 5.82 Å². The number of halogens is 1. The third-order valence-electron chi connectivity index (χ3n) is 4.40. The number of anilines is 1. The number of aromatic nitrogens is 4. The van der Waals surface area contributed by atoms with E-state index in [9.17, 15) is 9.18 Å². The molecule has 7 heteroatoms. The van der Waals surface area contributed by atoms with Crippen LogP contribution in [0, 0.1) is 5.82 Å². The average Bonchev–Trinajstić information content (AvgIpc) is 3.10. The number of rotatable bonds is 2. The summed E-state index contributed by atoms with van der Waals surface area (Å²) < 4.78 is 16.4. The van der Waals surface area contributed by atoms with E-state index < -0.39 is 0 Å². The number of nitrogens with two attached hydrogens (primary N) is 1. The number of fused-ring (bicyclic) bond motifs is 1. The predicted octanol–water partition coefficient (Wildman–Crippen LogP) is 2.66. The Labute approximate surface area is 142 Å². The predicted molar refractivity (Wildman–Crippen MR) is 95.5 cm³/mol. The van der Waals surface area contributed by atoms with Gasteiger partial charge in [-0.2, -0.15) is 0 Å². The lowest BCUT2D eigenvalue weighted by atomic mass is 10.0. The lowest BCUT2D eigenvalue weighted by molar-refractivity contribution is 0.628. The van der Waals surface area contributed by atoms with Gasteiger partial charge < -0.3 is 10.7 Å². The van der Waals surface area contributed by atoms with Gasteiger partial charge in [-0.25, -0.2) is 14.2 Å². The number of benzene rings is 2. The quantitative estimate of drug-likeness (QED) is 0.590. The van der Waals surface area contributed by atoms with Crippen molar-refractivity contribution in [1.82, 2.24) is 19.1 Å². The third kappa shape index (κ3) is 2.32. The Bertz CT molecular complexity index is 1150. The van der Waals surface area contributed by atoms with E-state index in [1.807, 2.05) is 18.2 Å². The summed E-state index contributed by atoms with van der Waals surface area (Å²) in [6.07, 6.45) is 0. The van der Waals surface area contributed by atoms with Crippen LogP contribution in [0.1, 0.15) is 0 Å². The molecule has 0 atom stereocenters. The minimum absolute atomic E-state index is 0.0903. The molecule has 25 heavy (non-hydrogen) atoms. The molecule has 0 bridgehead atoms. The van der Waals surface area contributed by atoms with Gasteiger partial charge in [0.15, 0.2) is 5.95 Å². The molecule has 6 nitrogen and oxygen atoms in total. The van der Waals surface area contributed by atoms with Crippen LogP contribution in [-0.4, -0.2) is 19.1 Å². The van der Waals surface area contributed by atoms with Crippen molar-refractivity contribution in [3.8, 4) is 22.5 Å². The number of aromatic amines is 1. The van der Waals surface area contributed by atoms with Crippen LogP contribution in [0.25, 0.3) is 33.5 Å². The molecule has 4 aromatic rings. The molecule has 0 radical (unpaired) electrons. The summed E-state index contributed by atoms with van der Waals surface area (Å²) in [5.41, 5.74) is 10.4. The fourth-order valence-electron chi connectivity index (χ4n) is 3.08. The van der Waals surface area contributed by atoms with Gasteiger partial charge in [0, 0.05) is 25.2 Å². The van der Waals surface area contributed by atoms with E-state index in [1.54, 1.807) is 35.4 Å². The summed E-state index contributed by atoms with van der Waals surface area (Å²) in [5.74, 6) is -0.0325. The van der Waals surface area contributed by atoms with Gasteiger partial charge in [0.05, 0.1) is 22.4 Å². The topological polar surface area (TPSA) is 81.6 Å². The Morgan fingerprint density at radius 1 is 1.00 bits per heavy atom. The van der Waals surface area contributed by atoms with Crippen molar-refractivity contribution in [3.63, 3.8) is 0 Å². The lowest BCUT2D eigenvalue weighted by Crippen LogP contribution is -2.19. The van der Waals surface area contributed by atoms with Crippen LogP contribution in [-0.2, 0) is 14.1 Å². The number of nitrogens with one attached hydrogen (secondary N) is 1. The number of nitrogens with zero attached hydrogens (tertiary/aromatic N) is 3. The van der Waals surface area contributed by atoms with Gasteiger partial charge >= 0.3 is 5.69 Å². The Kier molecular flexibility index (Phi) is 3.24. The molecule has 0 amide bonds. The van der Waals surface area contributed by atoms with Crippen molar-refractivity contribution >= 4 is 17.0 Å². The smallest absolute Gasteiger partial charge is 0.328 e. The first-order valence-electron chi connectivity index (χ1n) is 7.73. The summed E-state index contributed by atoms with van der Waals surface area (Å²) in [5, 5.41) is 0. The summed E-state index contributed by atoms with van der Waals surface area (Å²) >= 11 is 0. The van der Waals surface area contributed by atoms with Crippen LogP contribution < -0.4 is 11.4 Å². The minimum Gasteiger partial charge on any atom is -0.369 e. The van der Waals surface area contributed by atoms with Crippen LogP contribution in [0.3, 0.4) is 0 Å². The van der Waals surface area contributed by atoms with Gasteiger partial charge in [-0.1, -0.05) is 6.07 Å². The molecule has 0 saturated carbocycles. The van der Waals surface area contributed by atoms with Crippen LogP contribution in [0.5, 0.6) is 0 Å². The number of nitrogen functional groups attached to an aromatic ring is 1. The number of H-pyrrole nitrogens is 1. The van der Waals surface area contributed by atoms with Crippen LogP contribution in [0.15, 0.2) is 47.3 Å². The highest BCUT2D eigenvalue weighted by atomic mass is 19.1. The highest BCUT2D eigenvalue weighted by Crippen LogP contribution is 2.32. The Balaban J connectivity index is 1.93. The van der Waals surface area contributed by atoms with E-state index in [1.165, 1.54) is 12.1 Å². The highest BCUT2D eigenvalue weighted by Gasteiger charge is 2.15. The third-order valence-corrected chi connectivity index (χ3v) is 4.40. The Hall–Kier alpha value is -3.35. The van der Waals surface area contributed by atoms with Crippen LogP contribution in [0.2, 0.25) is 0 Å². The molecule has 0 aliphatic rings. The number of aryl methyl sites for hydroxylation is 2. The Morgan fingerprint density at radius 3 is 2.36 bits per heavy atom. The van der Waals surface area contributed by atoms with Crippen molar-refractivity contribution in [2.75, 3.05) is 5.73 Å². The van der Waals surface area contributed by atoms with Crippen molar-refractivity contribution in [1.29, 1.82) is 0 Å². The SMILES string of the molecule is Cn1c(=O)n(C)c2cc(-c3nc(N)[nH]c3-c3ccc(F)cc3)ccc21. The molecule has 2 aromatic heterocycles. The minimum atomic E-state index is -0.307. The zero-order valence-electron chi connectivity index (χ0n) is 13.7. The maximum atomic E-state index is 13.2. The first kappa shape index (κ1) is 15.2. The molecule has 0 aliphatic carbocycles. The molecule has 0 unspecified atom stereocenters. The van der Waals surface area contributed by atoms with Crippen molar-refractivity contribution in [2.24, 2.45) is 14.1 Å². The maximum absolute atomic E-state index is 13.2. The van der Waals surface area contributed by atoms with E-state index in [-0.39, 0.29) is 17.5 Å². The molecule has 0 fully saturated rings. The summed E-state index contributed by atoms with van der Waals surface area (Å²) in [4.78, 5) is 19.5. The fourth-order valence-corrected chi connectivity index (χ4v) is 3.08. The molecule has 2 aromatic carbocycles. The van der Waals surface area contributed by atoms with E-state index in [2.05, 4.69) is 9.97 Å². The first-order chi connectivity index (χ1) is 12.0. The second kappa shape index (κ2) is 5.34. The largest absolute Gasteiger partial charge is 0.369 e. The second-order valence-electron chi connectivity index (χ2n) is 5.96. The summed E-state index contributed by atoms with van der Waals surface area (Å²) in [6, 6.07) is 11.8. The van der Waals surface area contributed by atoms with Gasteiger partial charge in [0.2, 0.25) is 0 Å². The summed E-state index contributed by atoms with van der Waals surface area (Å²) in [7, 11) is 3.47.